The summed E-state index contributed by atoms with van der Waals surface area (Å²) >= 11 is 0. The quantitative estimate of drug-likeness (QED) is 0.257. The van der Waals surface area contributed by atoms with Gasteiger partial charge in [-0.1, -0.05) is 12.0 Å². The minimum absolute atomic E-state index is 0.0237. The van der Waals surface area contributed by atoms with Crippen LogP contribution in [0.2, 0.25) is 0 Å². The van der Waals surface area contributed by atoms with Gasteiger partial charge in [-0.15, -0.1) is 0 Å². The predicted molar refractivity (Wildman–Crippen MR) is 168 cm³/mol. The molecule has 0 bridgehead atoms. The molecule has 0 unspecified atom stereocenters. The lowest BCUT2D eigenvalue weighted by molar-refractivity contribution is -0.140. The Hall–Kier alpha value is -3.91. The van der Waals surface area contributed by atoms with Gasteiger partial charge in [0.25, 0.3) is 0 Å². The van der Waals surface area contributed by atoms with Gasteiger partial charge in [-0.2, -0.15) is 18.4 Å². The monoisotopic (exact) mass is 645 g/mol. The number of anilines is 2. The van der Waals surface area contributed by atoms with Crippen LogP contribution in [0.4, 0.5) is 24.5 Å². The Balaban J connectivity index is 1.53. The number of sulfone groups is 1. The highest BCUT2D eigenvalue weighted by Gasteiger charge is 2.30. The van der Waals surface area contributed by atoms with Crippen LogP contribution in [-0.2, 0) is 21.1 Å². The predicted octanol–water partition coefficient (Wildman–Crippen LogP) is 5.27. The summed E-state index contributed by atoms with van der Waals surface area (Å²) in [5.74, 6) is 5.90. The molecule has 2 aromatic carbocycles. The Morgan fingerprint density at radius 3 is 2.53 bits per heavy atom. The molecule has 242 valence electrons. The molecule has 0 atom stereocenters. The number of benzene rings is 2. The summed E-state index contributed by atoms with van der Waals surface area (Å²) in [7, 11) is 0.293. The lowest BCUT2D eigenvalue weighted by Gasteiger charge is -2.35. The first-order chi connectivity index (χ1) is 21.4. The second kappa shape index (κ2) is 14.9. The van der Waals surface area contributed by atoms with Crippen LogP contribution < -0.4 is 15.4 Å². The fourth-order valence-corrected chi connectivity index (χ4v) is 6.18. The van der Waals surface area contributed by atoms with Crippen LogP contribution in [0.3, 0.4) is 0 Å². The van der Waals surface area contributed by atoms with Crippen LogP contribution in [0.25, 0.3) is 10.9 Å². The number of nitriles is 1. The molecule has 0 radical (unpaired) electrons. The Bertz CT molecular complexity index is 1680. The second-order valence-electron chi connectivity index (χ2n) is 11.1. The number of rotatable bonds is 12. The standard InChI is InChI=1S/C32H38F3N5O4S/c1-39(17-19-43-2)24-11-9-23(10-12-24)38-28-7-4-8-30-27(28)20-25(40(30)22-32(33,34)35)6-5-16-37-29-14-13-26(45(3,41)42)21-31(29)44-18-15-36/h4,7-8,13-14,20-21,23-24,37-38H,9-12,16-19,22H2,1-3H3/t23-,24-. The molecule has 4 rings (SSSR count). The number of hydrogen-bond acceptors (Lipinski definition) is 8. The van der Waals surface area contributed by atoms with E-state index in [0.717, 1.165) is 44.2 Å². The molecule has 0 aliphatic heterocycles. The van der Waals surface area contributed by atoms with Crippen molar-refractivity contribution in [2.75, 3.05) is 57.4 Å². The van der Waals surface area contributed by atoms with Gasteiger partial charge in [0.1, 0.15) is 18.4 Å². The summed E-state index contributed by atoms with van der Waals surface area (Å²) in [4.78, 5) is 2.35. The topological polar surface area (TPSA) is 109 Å². The smallest absolute Gasteiger partial charge is 0.406 e. The van der Waals surface area contributed by atoms with Gasteiger partial charge in [-0.3, -0.25) is 0 Å². The Morgan fingerprint density at radius 2 is 1.87 bits per heavy atom. The van der Waals surface area contributed by atoms with Gasteiger partial charge < -0.3 is 29.6 Å². The first-order valence-electron chi connectivity index (χ1n) is 14.6. The zero-order valence-electron chi connectivity index (χ0n) is 25.6. The summed E-state index contributed by atoms with van der Waals surface area (Å²) in [6, 6.07) is 13.7. The van der Waals surface area contributed by atoms with Crippen molar-refractivity contribution in [2.45, 2.75) is 55.4 Å². The Kier molecular flexibility index (Phi) is 11.3. The first-order valence-corrected chi connectivity index (χ1v) is 16.5. The maximum atomic E-state index is 13.7. The van der Waals surface area contributed by atoms with Crippen LogP contribution >= 0.6 is 0 Å². The zero-order valence-corrected chi connectivity index (χ0v) is 26.4. The van der Waals surface area contributed by atoms with Crippen LogP contribution in [-0.4, -0.2) is 82.9 Å². The van der Waals surface area contributed by atoms with Crippen LogP contribution in [0.15, 0.2) is 47.4 Å². The van der Waals surface area contributed by atoms with E-state index in [1.165, 1.54) is 22.8 Å². The maximum absolute atomic E-state index is 13.7. The fraction of sp³-hybridized carbons (Fsp3) is 0.469. The third-order valence-electron chi connectivity index (χ3n) is 7.87. The van der Waals surface area contributed by atoms with E-state index in [0.29, 0.717) is 29.2 Å². The van der Waals surface area contributed by atoms with Crippen molar-refractivity contribution in [3.63, 3.8) is 0 Å². The van der Waals surface area contributed by atoms with Gasteiger partial charge >= 0.3 is 6.18 Å². The van der Waals surface area contributed by atoms with Gasteiger partial charge in [0, 0.05) is 49.1 Å². The number of aromatic nitrogens is 1. The van der Waals surface area contributed by atoms with Crippen molar-refractivity contribution in [1.82, 2.24) is 9.47 Å². The van der Waals surface area contributed by atoms with E-state index in [4.69, 9.17) is 14.7 Å². The molecule has 13 heteroatoms. The lowest BCUT2D eigenvalue weighted by Crippen LogP contribution is -2.39. The van der Waals surface area contributed by atoms with E-state index in [-0.39, 0.29) is 35.5 Å². The van der Waals surface area contributed by atoms with Gasteiger partial charge in [0.05, 0.1) is 34.9 Å². The number of methoxy groups -OCH3 is 1. The van der Waals surface area contributed by atoms with Crippen LogP contribution in [0, 0.1) is 23.2 Å². The summed E-state index contributed by atoms with van der Waals surface area (Å²) in [5.41, 5.74) is 1.83. The number of halogens is 3. The average molecular weight is 646 g/mol. The van der Waals surface area contributed by atoms with E-state index in [2.05, 4.69) is 34.4 Å². The highest BCUT2D eigenvalue weighted by Crippen LogP contribution is 2.33. The Labute approximate surface area is 262 Å². The number of nitrogens with one attached hydrogen (secondary N) is 2. The maximum Gasteiger partial charge on any atom is 0.406 e. The Morgan fingerprint density at radius 1 is 1.11 bits per heavy atom. The number of likely N-dealkylation sites (N-methyl/N-ethyl adjacent to an activating group) is 1. The normalized spacial score (nSPS) is 17.0. The van der Waals surface area contributed by atoms with Crippen molar-refractivity contribution < 1.29 is 31.1 Å². The third-order valence-corrected chi connectivity index (χ3v) is 8.98. The van der Waals surface area contributed by atoms with E-state index < -0.39 is 22.6 Å². The summed E-state index contributed by atoms with van der Waals surface area (Å²) in [5, 5.41) is 16.1. The molecular formula is C32H38F3N5O4S. The van der Waals surface area contributed by atoms with Gasteiger partial charge in [0.15, 0.2) is 16.4 Å². The van der Waals surface area contributed by atoms with Gasteiger partial charge in [-0.05, 0) is 69.0 Å². The molecule has 1 aliphatic rings. The molecule has 1 aliphatic carbocycles. The van der Waals surface area contributed by atoms with E-state index in [1.807, 2.05) is 12.1 Å². The van der Waals surface area contributed by atoms with E-state index in [9.17, 15) is 21.6 Å². The number of alkyl halides is 3. The number of fused-ring (bicyclic) bond motifs is 1. The minimum Gasteiger partial charge on any atom is -0.477 e. The molecule has 3 aromatic rings. The van der Waals surface area contributed by atoms with Crippen LogP contribution in [0.1, 0.15) is 31.4 Å². The molecule has 0 spiro atoms. The molecule has 0 amide bonds. The number of hydrogen-bond donors (Lipinski definition) is 2. The molecule has 1 saturated carbocycles. The largest absolute Gasteiger partial charge is 0.477 e. The first kappa shape index (κ1) is 34.0. The van der Waals surface area contributed by atoms with Crippen molar-refractivity contribution in [2.24, 2.45) is 0 Å². The van der Waals surface area contributed by atoms with Crippen molar-refractivity contribution in [3.05, 3.63) is 48.2 Å². The molecular weight excluding hydrogens is 607 g/mol. The average Bonchev–Trinajstić information content (AvgIpc) is 3.33. The summed E-state index contributed by atoms with van der Waals surface area (Å²) < 4.78 is 76.6. The molecule has 1 heterocycles. The van der Waals surface area contributed by atoms with Gasteiger partial charge in [-0.25, -0.2) is 8.42 Å². The van der Waals surface area contributed by atoms with Crippen LogP contribution in [0.5, 0.6) is 5.75 Å². The number of ether oxygens (including phenoxy) is 2. The second-order valence-corrected chi connectivity index (χ2v) is 13.1. The molecule has 2 N–H and O–H groups in total. The van der Waals surface area contributed by atoms with Crippen molar-refractivity contribution in [3.8, 4) is 23.7 Å². The zero-order chi connectivity index (χ0) is 32.6. The number of nitrogens with zero attached hydrogens (tertiary/aromatic N) is 3. The highest BCUT2D eigenvalue weighted by atomic mass is 32.2. The molecule has 45 heavy (non-hydrogen) atoms. The fourth-order valence-electron chi connectivity index (χ4n) is 5.55. The van der Waals surface area contributed by atoms with Crippen molar-refractivity contribution in [1.29, 1.82) is 5.26 Å². The molecule has 0 saturated heterocycles. The molecule has 1 fully saturated rings. The summed E-state index contributed by atoms with van der Waals surface area (Å²) in [6.07, 6.45) is 0.548. The van der Waals surface area contributed by atoms with E-state index >= 15 is 0 Å². The molecule has 1 aromatic heterocycles. The highest BCUT2D eigenvalue weighted by molar-refractivity contribution is 7.90. The van der Waals surface area contributed by atoms with E-state index in [1.54, 1.807) is 25.3 Å². The van der Waals surface area contributed by atoms with Gasteiger partial charge in [0.2, 0.25) is 0 Å². The minimum atomic E-state index is -4.45. The summed E-state index contributed by atoms with van der Waals surface area (Å²) in [6.45, 7) is 0.102. The van der Waals surface area contributed by atoms with Crippen molar-refractivity contribution >= 4 is 32.1 Å². The molecule has 9 nitrogen and oxygen atoms in total. The lowest BCUT2D eigenvalue weighted by atomic mass is 9.90. The third kappa shape index (κ3) is 9.30. The SMILES string of the molecule is COCCN(C)[C@H]1CC[C@H](Nc2cccc3c2cc(C#CCNc2ccc(S(C)(=O)=O)cc2OCC#N)n3CC(F)(F)F)CC1.